The van der Waals surface area contributed by atoms with Crippen molar-refractivity contribution in [2.24, 2.45) is 16.7 Å². The molecule has 0 spiro atoms. The number of rotatable bonds is 3. The van der Waals surface area contributed by atoms with Crippen LogP contribution in [0.5, 0.6) is 0 Å². The maximum atomic E-state index is 12.4. The molecule has 1 aromatic rings. The minimum atomic E-state index is -1.23. The van der Waals surface area contributed by atoms with Crippen LogP contribution in [0.1, 0.15) is 38.1 Å². The molecule has 0 unspecified atom stereocenters. The Hall–Kier alpha value is -1.26. The summed E-state index contributed by atoms with van der Waals surface area (Å²) < 4.78 is 0. The molecule has 114 valence electrons. The van der Waals surface area contributed by atoms with Crippen molar-refractivity contribution in [3.8, 4) is 0 Å². The van der Waals surface area contributed by atoms with Crippen LogP contribution in [0.25, 0.3) is 0 Å². The topological polar surface area (TPSA) is 66.4 Å². The largest absolute Gasteiger partial charge is 0.478 e. The van der Waals surface area contributed by atoms with Crippen molar-refractivity contribution in [1.82, 2.24) is 0 Å². The van der Waals surface area contributed by atoms with Gasteiger partial charge in [0.25, 0.3) is 0 Å². The normalized spacial score (nSPS) is 19.1. The molecule has 1 fully saturated rings. The van der Waals surface area contributed by atoms with Gasteiger partial charge in [-0.15, -0.1) is 0 Å². The molecule has 0 bridgehead atoms. The molecule has 1 aliphatic rings. The van der Waals surface area contributed by atoms with E-state index in [1.54, 1.807) is 0 Å². The smallest absolute Gasteiger partial charge is 0.339 e. The van der Waals surface area contributed by atoms with Crippen molar-refractivity contribution >= 4 is 40.8 Å². The van der Waals surface area contributed by atoms with Crippen LogP contribution >= 0.6 is 23.2 Å². The van der Waals surface area contributed by atoms with Gasteiger partial charge in [0.2, 0.25) is 5.91 Å². The zero-order chi connectivity index (χ0) is 16.2. The minimum absolute atomic E-state index is 0.0384. The molecule has 1 aromatic carbocycles. The third-order valence-corrected chi connectivity index (χ3v) is 5.48. The number of hydrogen-bond donors (Lipinski definition) is 2. The minimum Gasteiger partial charge on any atom is -0.478 e. The molecule has 1 aliphatic carbocycles. The highest BCUT2D eigenvalue weighted by molar-refractivity contribution is 6.38. The summed E-state index contributed by atoms with van der Waals surface area (Å²) in [5.41, 5.74) is -0.425. The lowest BCUT2D eigenvalue weighted by atomic mass is 10.0. The van der Waals surface area contributed by atoms with Gasteiger partial charge >= 0.3 is 5.97 Å². The summed E-state index contributed by atoms with van der Waals surface area (Å²) in [6, 6.07) is 2.86. The fraction of sp³-hybridized carbons (Fsp3) is 0.467. The van der Waals surface area contributed by atoms with Crippen LogP contribution in [0, 0.1) is 16.7 Å². The van der Waals surface area contributed by atoms with E-state index in [1.807, 2.05) is 27.7 Å². The number of carbonyl (C=O) groups excluding carboxylic acids is 1. The number of hydrogen-bond acceptors (Lipinski definition) is 2. The summed E-state index contributed by atoms with van der Waals surface area (Å²) >= 11 is 11.9. The molecule has 1 amide bonds. The number of halogens is 2. The zero-order valence-corrected chi connectivity index (χ0v) is 13.8. The maximum Gasteiger partial charge on any atom is 0.339 e. The third-order valence-electron chi connectivity index (χ3n) is 4.85. The second-order valence-electron chi connectivity index (χ2n) is 6.45. The van der Waals surface area contributed by atoms with E-state index in [0.717, 1.165) is 0 Å². The number of amides is 1. The number of carbonyl (C=O) groups is 2. The van der Waals surface area contributed by atoms with Gasteiger partial charge in [-0.25, -0.2) is 4.79 Å². The highest BCUT2D eigenvalue weighted by Crippen LogP contribution is 2.68. The molecule has 1 saturated carbocycles. The quantitative estimate of drug-likeness (QED) is 0.868. The Morgan fingerprint density at radius 2 is 1.57 bits per heavy atom. The van der Waals surface area contributed by atoms with Gasteiger partial charge in [0, 0.05) is 5.92 Å². The molecule has 0 heterocycles. The zero-order valence-electron chi connectivity index (χ0n) is 12.3. The van der Waals surface area contributed by atoms with Gasteiger partial charge in [-0.05, 0) is 23.0 Å². The number of nitrogens with one attached hydrogen (secondary N) is 1. The number of anilines is 1. The number of carboxylic acids is 1. The van der Waals surface area contributed by atoms with E-state index in [-0.39, 0.29) is 44.0 Å². The molecule has 0 saturated heterocycles. The first-order chi connectivity index (χ1) is 9.51. The van der Waals surface area contributed by atoms with Gasteiger partial charge < -0.3 is 10.4 Å². The SMILES string of the molecule is CC1(C)C(C(=O)Nc2c(Cl)ccc(Cl)c2C(=O)O)C1(C)C. The van der Waals surface area contributed by atoms with E-state index in [2.05, 4.69) is 5.32 Å². The van der Waals surface area contributed by atoms with Crippen molar-refractivity contribution in [1.29, 1.82) is 0 Å². The van der Waals surface area contributed by atoms with Crippen LogP contribution in [0.2, 0.25) is 10.0 Å². The van der Waals surface area contributed by atoms with Crippen molar-refractivity contribution in [3.05, 3.63) is 27.7 Å². The van der Waals surface area contributed by atoms with Crippen LogP contribution in [0.4, 0.5) is 5.69 Å². The predicted octanol–water partition coefficient (Wildman–Crippen LogP) is 4.31. The standard InChI is InChI=1S/C15H17Cl2NO3/c1-14(2)11(15(14,3)4)12(19)18-10-8(17)6-5-7(16)9(10)13(20)21/h5-6,11H,1-4H3,(H,18,19)(H,20,21). The van der Waals surface area contributed by atoms with Gasteiger partial charge in [0.1, 0.15) is 5.56 Å². The second-order valence-corrected chi connectivity index (χ2v) is 7.26. The molecule has 0 aromatic heterocycles. The first kappa shape index (κ1) is 16.1. The molecule has 0 radical (unpaired) electrons. The summed E-state index contributed by atoms with van der Waals surface area (Å²) in [7, 11) is 0. The predicted molar refractivity (Wildman–Crippen MR) is 83.1 cm³/mol. The van der Waals surface area contributed by atoms with Crippen molar-refractivity contribution in [2.75, 3.05) is 5.32 Å². The lowest BCUT2D eigenvalue weighted by Gasteiger charge is -2.12. The van der Waals surface area contributed by atoms with E-state index in [9.17, 15) is 14.7 Å². The van der Waals surface area contributed by atoms with Crippen LogP contribution in [0.15, 0.2) is 12.1 Å². The number of benzene rings is 1. The molecule has 21 heavy (non-hydrogen) atoms. The van der Waals surface area contributed by atoms with E-state index < -0.39 is 5.97 Å². The highest BCUT2D eigenvalue weighted by Gasteiger charge is 2.68. The molecule has 2 rings (SSSR count). The molecule has 0 atom stereocenters. The Morgan fingerprint density at radius 3 is 2.00 bits per heavy atom. The lowest BCUT2D eigenvalue weighted by molar-refractivity contribution is -0.118. The first-order valence-electron chi connectivity index (χ1n) is 6.54. The summed E-state index contributed by atoms with van der Waals surface area (Å²) in [6.07, 6.45) is 0. The summed E-state index contributed by atoms with van der Waals surface area (Å²) in [4.78, 5) is 23.8. The molecule has 2 N–H and O–H groups in total. The molecule has 4 nitrogen and oxygen atoms in total. The Kier molecular flexibility index (Phi) is 3.75. The molecule has 6 heteroatoms. The summed E-state index contributed by atoms with van der Waals surface area (Å²) in [6.45, 7) is 8.04. The fourth-order valence-corrected chi connectivity index (χ4v) is 3.37. The molecular weight excluding hydrogens is 313 g/mol. The van der Waals surface area contributed by atoms with Crippen molar-refractivity contribution in [2.45, 2.75) is 27.7 Å². The summed E-state index contributed by atoms with van der Waals surface area (Å²) in [5, 5.41) is 12.1. The monoisotopic (exact) mass is 329 g/mol. The van der Waals surface area contributed by atoms with E-state index in [4.69, 9.17) is 23.2 Å². The van der Waals surface area contributed by atoms with Gasteiger partial charge in [-0.2, -0.15) is 0 Å². The third kappa shape index (κ3) is 2.40. The summed E-state index contributed by atoms with van der Waals surface area (Å²) in [5.74, 6) is -1.68. The molecule has 0 aliphatic heterocycles. The van der Waals surface area contributed by atoms with Gasteiger partial charge in [-0.3, -0.25) is 4.79 Å². The van der Waals surface area contributed by atoms with Gasteiger partial charge in [0.05, 0.1) is 15.7 Å². The van der Waals surface area contributed by atoms with Crippen LogP contribution < -0.4 is 5.32 Å². The van der Waals surface area contributed by atoms with Crippen LogP contribution in [-0.2, 0) is 4.79 Å². The number of carboxylic acid groups (broad SMARTS) is 1. The number of aromatic carboxylic acids is 1. The van der Waals surface area contributed by atoms with Gasteiger partial charge in [-0.1, -0.05) is 50.9 Å². The van der Waals surface area contributed by atoms with Crippen LogP contribution in [0.3, 0.4) is 0 Å². The average molecular weight is 330 g/mol. The lowest BCUT2D eigenvalue weighted by Crippen LogP contribution is -2.20. The fourth-order valence-electron chi connectivity index (χ4n) is 2.93. The Bertz CT molecular complexity index is 624. The maximum absolute atomic E-state index is 12.4. The van der Waals surface area contributed by atoms with Crippen molar-refractivity contribution in [3.63, 3.8) is 0 Å². The Labute approximate surface area is 133 Å². The Balaban J connectivity index is 2.36. The Morgan fingerprint density at radius 1 is 1.10 bits per heavy atom. The first-order valence-corrected chi connectivity index (χ1v) is 7.29. The average Bonchev–Trinajstić information content (AvgIpc) is 2.74. The highest BCUT2D eigenvalue weighted by atomic mass is 35.5. The van der Waals surface area contributed by atoms with E-state index in [1.165, 1.54) is 12.1 Å². The molecular formula is C15H17Cl2NO3. The van der Waals surface area contributed by atoms with Gasteiger partial charge in [0.15, 0.2) is 0 Å². The van der Waals surface area contributed by atoms with E-state index >= 15 is 0 Å². The van der Waals surface area contributed by atoms with E-state index in [0.29, 0.717) is 0 Å². The van der Waals surface area contributed by atoms with Crippen molar-refractivity contribution < 1.29 is 14.7 Å². The van der Waals surface area contributed by atoms with Crippen LogP contribution in [-0.4, -0.2) is 17.0 Å². The second kappa shape index (κ2) is 4.89.